The summed E-state index contributed by atoms with van der Waals surface area (Å²) in [6.45, 7) is 0. The normalized spacial score (nSPS) is 9.56. The van der Waals surface area contributed by atoms with Gasteiger partial charge in [-0.15, -0.1) is 0 Å². The third-order valence-electron chi connectivity index (χ3n) is 1.45. The molecule has 0 fully saturated rings. The summed E-state index contributed by atoms with van der Waals surface area (Å²) < 4.78 is 0. The van der Waals surface area contributed by atoms with Gasteiger partial charge in [-0.3, -0.25) is 14.6 Å². The number of fused-ring (bicyclic) bond motifs is 1. The monoisotopic (exact) mass is 243 g/mol. The summed E-state index contributed by atoms with van der Waals surface area (Å²) in [7, 11) is 0. The smallest absolute Gasteiger partial charge is 0.313 e. The Morgan fingerprint density at radius 2 is 2.25 bits per heavy atom. The van der Waals surface area contributed by atoms with Crippen LogP contribution in [0.3, 0.4) is 0 Å². The molecule has 2 heterocycles. The van der Waals surface area contributed by atoms with E-state index >= 15 is 0 Å². The Balaban J connectivity index is 0.000000221. The summed E-state index contributed by atoms with van der Waals surface area (Å²) in [5, 5.41) is 7.65. The van der Waals surface area contributed by atoms with Crippen LogP contribution in [0, 0.1) is 0 Å². The van der Waals surface area contributed by atoms with E-state index in [9.17, 15) is 9.59 Å². The number of aliphatic carboxylic acids is 1. The second-order valence-corrected chi connectivity index (χ2v) is 2.92. The molecule has 0 aliphatic rings. The Labute approximate surface area is 94.3 Å². The number of nitrogens with one attached hydrogen (secondary N) is 2. The molecule has 0 saturated heterocycles. The zero-order valence-corrected chi connectivity index (χ0v) is 8.86. The van der Waals surface area contributed by atoms with Gasteiger partial charge < -0.3 is 15.8 Å². The van der Waals surface area contributed by atoms with E-state index in [0.29, 0.717) is 11.2 Å². The maximum Gasteiger partial charge on any atom is 0.313 e. The Kier molecular flexibility index (Phi) is 3.89. The predicted octanol–water partition coefficient (Wildman–Crippen LogP) is -0.771. The van der Waals surface area contributed by atoms with Gasteiger partial charge in [0.05, 0.1) is 12.1 Å². The van der Waals surface area contributed by atoms with Crippen molar-refractivity contribution in [3.8, 4) is 0 Å². The van der Waals surface area contributed by atoms with Crippen LogP contribution in [0.5, 0.6) is 0 Å². The van der Waals surface area contributed by atoms with E-state index in [-0.39, 0.29) is 17.3 Å². The molecule has 5 N–H and O–H groups in total. The molecular weight excluding hydrogens is 234 g/mol. The number of hydrogen-bond acceptors (Lipinski definition) is 6. The van der Waals surface area contributed by atoms with Crippen LogP contribution in [0.15, 0.2) is 11.1 Å². The first-order chi connectivity index (χ1) is 7.54. The minimum atomic E-state index is -0.881. The van der Waals surface area contributed by atoms with Gasteiger partial charge in [-0.05, 0) is 0 Å². The minimum absolute atomic E-state index is 0.0783. The zero-order chi connectivity index (χ0) is 12.1. The molecule has 2 rings (SSSR count). The quantitative estimate of drug-likeness (QED) is 0.417. The van der Waals surface area contributed by atoms with E-state index in [2.05, 4.69) is 32.6 Å². The van der Waals surface area contributed by atoms with Crippen molar-refractivity contribution < 1.29 is 9.90 Å². The topological polar surface area (TPSA) is 138 Å². The number of nitrogen functional groups attached to an aromatic ring is 1. The molecule has 0 aromatic carbocycles. The third kappa shape index (κ3) is 2.98. The summed E-state index contributed by atoms with van der Waals surface area (Å²) >= 11 is 3.42. The number of anilines is 1. The first-order valence-electron chi connectivity index (χ1n) is 4.06. The Bertz CT molecular complexity index is 548. The molecular formula is C7H9N5O3S. The van der Waals surface area contributed by atoms with E-state index in [1.807, 2.05) is 0 Å². The molecule has 0 bridgehead atoms. The lowest BCUT2D eigenvalue weighted by Crippen LogP contribution is -2.10. The van der Waals surface area contributed by atoms with Crippen LogP contribution in [-0.2, 0) is 4.79 Å². The fourth-order valence-electron chi connectivity index (χ4n) is 0.860. The summed E-state index contributed by atoms with van der Waals surface area (Å²) in [5.74, 6) is -0.886. The number of aromatic amines is 2. The lowest BCUT2D eigenvalue weighted by molar-refractivity contribution is -0.133. The number of H-pyrrole nitrogens is 2. The maximum atomic E-state index is 11.0. The van der Waals surface area contributed by atoms with Gasteiger partial charge in [-0.2, -0.15) is 17.6 Å². The van der Waals surface area contributed by atoms with Crippen molar-refractivity contribution in [2.45, 2.75) is 0 Å². The fourth-order valence-corrected chi connectivity index (χ4v) is 0.860. The number of thiol groups is 1. The SMILES string of the molecule is Nc1nc2nc[nH]c2c(=O)[nH]1.O=C(O)CS. The molecule has 86 valence electrons. The number of nitrogens with two attached hydrogens (primary N) is 1. The van der Waals surface area contributed by atoms with Crippen molar-refractivity contribution in [3.05, 3.63) is 16.7 Å². The molecule has 8 nitrogen and oxygen atoms in total. The molecule has 0 spiro atoms. The van der Waals surface area contributed by atoms with Crippen LogP contribution in [0.4, 0.5) is 5.95 Å². The Morgan fingerprint density at radius 1 is 1.62 bits per heavy atom. The molecule has 0 saturated carbocycles. The van der Waals surface area contributed by atoms with Gasteiger partial charge in [0.25, 0.3) is 5.56 Å². The predicted molar refractivity (Wildman–Crippen MR) is 60.4 cm³/mol. The highest BCUT2D eigenvalue weighted by molar-refractivity contribution is 7.81. The van der Waals surface area contributed by atoms with Crippen LogP contribution >= 0.6 is 12.6 Å². The number of carboxylic acid groups (broad SMARTS) is 1. The molecule has 0 aliphatic heterocycles. The average molecular weight is 243 g/mol. The van der Waals surface area contributed by atoms with Crippen molar-refractivity contribution in [3.63, 3.8) is 0 Å². The molecule has 0 atom stereocenters. The van der Waals surface area contributed by atoms with Crippen molar-refractivity contribution in [2.75, 3.05) is 11.5 Å². The third-order valence-corrected chi connectivity index (χ3v) is 1.72. The summed E-state index contributed by atoms with van der Waals surface area (Å²) in [6, 6.07) is 0. The number of hydrogen-bond donors (Lipinski definition) is 5. The van der Waals surface area contributed by atoms with Crippen molar-refractivity contribution in [2.24, 2.45) is 0 Å². The number of rotatable bonds is 1. The van der Waals surface area contributed by atoms with Gasteiger partial charge in [0.2, 0.25) is 5.95 Å². The highest BCUT2D eigenvalue weighted by atomic mass is 32.1. The molecule has 0 radical (unpaired) electrons. The van der Waals surface area contributed by atoms with Gasteiger partial charge >= 0.3 is 5.97 Å². The molecule has 0 unspecified atom stereocenters. The molecule has 16 heavy (non-hydrogen) atoms. The molecule has 2 aromatic heterocycles. The maximum absolute atomic E-state index is 11.0. The molecule has 2 aromatic rings. The highest BCUT2D eigenvalue weighted by Gasteiger charge is 2.01. The standard InChI is InChI=1S/C5H5N5O.C2H4O2S/c6-5-9-3-2(4(11)10-5)7-1-8-3;3-2(4)1-5/h1H,(H4,6,7,8,9,10,11);5H,1H2,(H,3,4). The largest absolute Gasteiger partial charge is 0.481 e. The van der Waals surface area contributed by atoms with Crippen LogP contribution in [0.25, 0.3) is 11.2 Å². The van der Waals surface area contributed by atoms with Gasteiger partial charge in [0.1, 0.15) is 0 Å². The minimum Gasteiger partial charge on any atom is -0.481 e. The van der Waals surface area contributed by atoms with Gasteiger partial charge in [-0.1, -0.05) is 0 Å². The zero-order valence-electron chi connectivity index (χ0n) is 7.97. The second kappa shape index (κ2) is 5.16. The first-order valence-corrected chi connectivity index (χ1v) is 4.69. The van der Waals surface area contributed by atoms with Crippen LogP contribution in [-0.4, -0.2) is 36.8 Å². The van der Waals surface area contributed by atoms with E-state index in [0.717, 1.165) is 0 Å². The number of nitrogens with zero attached hydrogens (tertiary/aromatic N) is 2. The molecule has 0 aliphatic carbocycles. The average Bonchev–Trinajstić information content (AvgIpc) is 2.66. The molecule has 0 amide bonds. The second-order valence-electron chi connectivity index (χ2n) is 2.60. The van der Waals surface area contributed by atoms with E-state index in [1.54, 1.807) is 0 Å². The van der Waals surface area contributed by atoms with Gasteiger partial charge in [0, 0.05) is 0 Å². The van der Waals surface area contributed by atoms with Crippen molar-refractivity contribution >= 4 is 35.7 Å². The van der Waals surface area contributed by atoms with Crippen LogP contribution < -0.4 is 11.3 Å². The van der Waals surface area contributed by atoms with E-state index < -0.39 is 5.97 Å². The van der Waals surface area contributed by atoms with Crippen molar-refractivity contribution in [1.82, 2.24) is 19.9 Å². The highest BCUT2D eigenvalue weighted by Crippen LogP contribution is 1.98. The van der Waals surface area contributed by atoms with E-state index in [1.165, 1.54) is 6.33 Å². The van der Waals surface area contributed by atoms with Crippen molar-refractivity contribution in [1.29, 1.82) is 0 Å². The van der Waals surface area contributed by atoms with E-state index in [4.69, 9.17) is 10.8 Å². The lowest BCUT2D eigenvalue weighted by atomic mass is 10.5. The van der Waals surface area contributed by atoms with Gasteiger partial charge in [0.15, 0.2) is 11.2 Å². The number of carboxylic acids is 1. The number of carbonyl (C=O) groups is 1. The summed E-state index contributed by atoms with van der Waals surface area (Å²) in [5.41, 5.74) is 5.65. The molecule has 9 heteroatoms. The Hall–Kier alpha value is -2.03. The fraction of sp³-hybridized carbons (Fsp3) is 0.143. The number of imidazole rings is 1. The number of aromatic nitrogens is 4. The lowest BCUT2D eigenvalue weighted by Gasteiger charge is -1.89. The van der Waals surface area contributed by atoms with Crippen LogP contribution in [0.1, 0.15) is 0 Å². The summed E-state index contributed by atoms with van der Waals surface area (Å²) in [6.07, 6.45) is 1.40. The van der Waals surface area contributed by atoms with Crippen LogP contribution in [0.2, 0.25) is 0 Å². The first kappa shape index (κ1) is 12.0. The van der Waals surface area contributed by atoms with Gasteiger partial charge in [-0.25, -0.2) is 4.98 Å². The summed E-state index contributed by atoms with van der Waals surface area (Å²) in [4.78, 5) is 32.8. The Morgan fingerprint density at radius 3 is 2.81 bits per heavy atom.